The van der Waals surface area contributed by atoms with Crippen LogP contribution in [0.1, 0.15) is 12.8 Å². The van der Waals surface area contributed by atoms with Crippen molar-refractivity contribution in [2.24, 2.45) is 0 Å². The minimum atomic E-state index is 0.0173. The number of nitrogens with one attached hydrogen (secondary N) is 1. The zero-order chi connectivity index (χ0) is 21.5. The van der Waals surface area contributed by atoms with Crippen molar-refractivity contribution < 1.29 is 18.7 Å². The molecule has 1 N–H and O–H groups in total. The van der Waals surface area contributed by atoms with Gasteiger partial charge in [-0.1, -0.05) is 0 Å². The average molecular weight is 434 g/mol. The largest absolute Gasteiger partial charge is 0.474 e. The number of fused-ring (bicyclic) bond motifs is 2. The summed E-state index contributed by atoms with van der Waals surface area (Å²) in [6.07, 6.45) is 4.82. The number of amides is 1. The van der Waals surface area contributed by atoms with Crippen molar-refractivity contribution in [3.05, 3.63) is 36.7 Å². The number of ether oxygens (including phenoxy) is 2. The van der Waals surface area contributed by atoms with Crippen molar-refractivity contribution in [2.45, 2.75) is 18.9 Å². The Labute approximate surface area is 183 Å². The predicted octanol–water partition coefficient (Wildman–Crippen LogP) is 2.03. The summed E-state index contributed by atoms with van der Waals surface area (Å²) in [5.74, 6) is 2.08. The number of imidazole rings is 1. The van der Waals surface area contributed by atoms with Gasteiger partial charge >= 0.3 is 0 Å². The summed E-state index contributed by atoms with van der Waals surface area (Å²) in [6.45, 7) is 3.35. The molecule has 6 rings (SSSR count). The molecule has 4 aromatic heterocycles. The molecule has 1 atom stereocenters. The van der Waals surface area contributed by atoms with Crippen LogP contribution in [0, 0.1) is 0 Å². The van der Waals surface area contributed by atoms with Gasteiger partial charge in [0.05, 0.1) is 30.8 Å². The van der Waals surface area contributed by atoms with Crippen molar-refractivity contribution in [3.8, 4) is 17.3 Å². The van der Waals surface area contributed by atoms with Crippen LogP contribution < -0.4 is 15.0 Å². The zero-order valence-corrected chi connectivity index (χ0v) is 17.4. The molecular formula is C22H22N6O4. The molecule has 2 fully saturated rings. The lowest BCUT2D eigenvalue weighted by atomic mass is 10.2. The normalized spacial score (nSPS) is 19.1. The van der Waals surface area contributed by atoms with E-state index in [2.05, 4.69) is 25.3 Å². The Morgan fingerprint density at radius 1 is 1.19 bits per heavy atom. The van der Waals surface area contributed by atoms with Crippen molar-refractivity contribution in [1.82, 2.24) is 24.9 Å². The molecule has 0 aromatic carbocycles. The Kier molecular flexibility index (Phi) is 4.64. The Hall–Kier alpha value is -3.66. The summed E-state index contributed by atoms with van der Waals surface area (Å²) in [4.78, 5) is 22.6. The van der Waals surface area contributed by atoms with Crippen LogP contribution in [0.3, 0.4) is 0 Å². The van der Waals surface area contributed by atoms with Crippen molar-refractivity contribution in [3.63, 3.8) is 0 Å². The van der Waals surface area contributed by atoms with Crippen molar-refractivity contribution in [1.29, 1.82) is 0 Å². The van der Waals surface area contributed by atoms with E-state index in [1.807, 2.05) is 18.2 Å². The second-order valence-electron chi connectivity index (χ2n) is 7.96. The first-order chi connectivity index (χ1) is 15.7. The van der Waals surface area contributed by atoms with Crippen LogP contribution in [0.5, 0.6) is 5.88 Å². The molecular weight excluding hydrogens is 412 g/mol. The Morgan fingerprint density at radius 3 is 2.94 bits per heavy atom. The summed E-state index contributed by atoms with van der Waals surface area (Å²) in [6, 6.07) is 7.50. The summed E-state index contributed by atoms with van der Waals surface area (Å²) in [5.41, 5.74) is 2.17. The van der Waals surface area contributed by atoms with E-state index < -0.39 is 0 Å². The molecule has 0 saturated carbocycles. The number of hydrogen-bond donors (Lipinski definition) is 1. The number of carbonyl (C=O) groups excluding carboxylic acids is 1. The van der Waals surface area contributed by atoms with Crippen LogP contribution in [0.25, 0.3) is 28.1 Å². The van der Waals surface area contributed by atoms with Gasteiger partial charge in [-0.15, -0.1) is 5.10 Å². The summed E-state index contributed by atoms with van der Waals surface area (Å²) in [7, 11) is 0. The van der Waals surface area contributed by atoms with Gasteiger partial charge in [-0.25, -0.2) is 14.5 Å². The highest BCUT2D eigenvalue weighted by Crippen LogP contribution is 2.33. The molecule has 32 heavy (non-hydrogen) atoms. The molecule has 2 aliphatic rings. The fourth-order valence-corrected chi connectivity index (χ4v) is 4.19. The molecule has 0 spiro atoms. The molecule has 1 unspecified atom stereocenters. The van der Waals surface area contributed by atoms with E-state index in [1.54, 1.807) is 23.0 Å². The number of carbonyl (C=O) groups is 1. The molecule has 2 saturated heterocycles. The predicted molar refractivity (Wildman–Crippen MR) is 116 cm³/mol. The molecule has 1 amide bonds. The minimum Gasteiger partial charge on any atom is -0.474 e. The molecule has 4 aromatic rings. The molecule has 10 heteroatoms. The topological polar surface area (TPSA) is 107 Å². The van der Waals surface area contributed by atoms with Crippen LogP contribution >= 0.6 is 0 Å². The van der Waals surface area contributed by atoms with E-state index in [0.717, 1.165) is 42.0 Å². The van der Waals surface area contributed by atoms with E-state index in [1.165, 1.54) is 0 Å². The quantitative estimate of drug-likeness (QED) is 0.509. The smallest absolute Gasteiger partial charge is 0.231 e. The number of pyridine rings is 1. The van der Waals surface area contributed by atoms with E-state index >= 15 is 0 Å². The van der Waals surface area contributed by atoms with Gasteiger partial charge in [-0.05, 0) is 24.6 Å². The lowest BCUT2D eigenvalue weighted by molar-refractivity contribution is -0.119. The Bertz CT molecular complexity index is 1290. The number of anilines is 1. The summed E-state index contributed by atoms with van der Waals surface area (Å²) < 4.78 is 19.2. The van der Waals surface area contributed by atoms with Crippen LogP contribution in [0.2, 0.25) is 0 Å². The monoisotopic (exact) mass is 434 g/mol. The highest BCUT2D eigenvalue weighted by atomic mass is 16.5. The fraction of sp³-hybridized carbons (Fsp3) is 0.364. The first-order valence-corrected chi connectivity index (χ1v) is 10.7. The van der Waals surface area contributed by atoms with E-state index in [-0.39, 0.29) is 11.9 Å². The maximum absolute atomic E-state index is 11.4. The van der Waals surface area contributed by atoms with E-state index in [4.69, 9.17) is 13.9 Å². The first kappa shape index (κ1) is 19.1. The third-order valence-electron chi connectivity index (χ3n) is 5.84. The van der Waals surface area contributed by atoms with Crippen LogP contribution in [0.4, 0.5) is 5.82 Å². The molecule has 0 aliphatic carbocycles. The average Bonchev–Trinajstić information content (AvgIpc) is 3.55. The van der Waals surface area contributed by atoms with Crippen LogP contribution in [-0.2, 0) is 9.53 Å². The van der Waals surface area contributed by atoms with E-state index in [0.29, 0.717) is 43.5 Å². The summed E-state index contributed by atoms with van der Waals surface area (Å²) >= 11 is 0. The van der Waals surface area contributed by atoms with Gasteiger partial charge < -0.3 is 24.1 Å². The number of morpholine rings is 1. The van der Waals surface area contributed by atoms with Crippen molar-refractivity contribution in [2.75, 3.05) is 37.8 Å². The van der Waals surface area contributed by atoms with Gasteiger partial charge in [0, 0.05) is 31.8 Å². The lowest BCUT2D eigenvalue weighted by Gasteiger charge is -2.28. The summed E-state index contributed by atoms with van der Waals surface area (Å²) in [5, 5.41) is 8.44. The van der Waals surface area contributed by atoms with Gasteiger partial charge in [0.25, 0.3) is 0 Å². The van der Waals surface area contributed by atoms with E-state index in [9.17, 15) is 4.79 Å². The van der Waals surface area contributed by atoms with Crippen LogP contribution in [0.15, 0.2) is 41.1 Å². The van der Waals surface area contributed by atoms with Gasteiger partial charge in [0.2, 0.25) is 11.8 Å². The Morgan fingerprint density at radius 2 is 2.09 bits per heavy atom. The molecule has 164 valence electrons. The third kappa shape index (κ3) is 3.42. The maximum Gasteiger partial charge on any atom is 0.231 e. The number of furan rings is 1. The maximum atomic E-state index is 11.4. The van der Waals surface area contributed by atoms with Gasteiger partial charge in [0.1, 0.15) is 23.7 Å². The number of hydrogen-bond acceptors (Lipinski definition) is 8. The Balaban J connectivity index is 1.32. The molecule has 2 aliphatic heterocycles. The van der Waals surface area contributed by atoms with Gasteiger partial charge in [-0.2, -0.15) is 0 Å². The third-order valence-corrected chi connectivity index (χ3v) is 5.84. The fourth-order valence-electron chi connectivity index (χ4n) is 4.19. The number of rotatable bonds is 5. The number of nitrogens with zero attached hydrogens (tertiary/aromatic N) is 5. The zero-order valence-electron chi connectivity index (χ0n) is 17.4. The minimum absolute atomic E-state index is 0.0173. The molecule has 6 heterocycles. The molecule has 0 bridgehead atoms. The first-order valence-electron chi connectivity index (χ1n) is 10.7. The van der Waals surface area contributed by atoms with Gasteiger partial charge in [-0.3, -0.25) is 4.79 Å². The number of aromatic nitrogens is 4. The second-order valence-corrected chi connectivity index (χ2v) is 7.96. The van der Waals surface area contributed by atoms with Gasteiger partial charge in [0.15, 0.2) is 11.4 Å². The molecule has 0 radical (unpaired) electrons. The second kappa shape index (κ2) is 7.79. The lowest BCUT2D eigenvalue weighted by Crippen LogP contribution is -2.36. The SMILES string of the molecule is O=C1CCC(COc2ccc3ncc(-c4cc5c(N6CCOCC6)nccc5o4)n3n2)N1. The standard InChI is InChI=1S/C22H22N6O4/c29-20-3-1-14(25-20)13-31-21-4-2-19-24-12-16(28(19)26-21)18-11-15-17(32-18)5-6-23-22(15)27-7-9-30-10-8-27/h2,4-6,11-12,14H,1,3,7-10,13H2,(H,25,29). The van der Waals surface area contributed by atoms with Crippen LogP contribution in [-0.4, -0.2) is 64.4 Å². The highest BCUT2D eigenvalue weighted by molar-refractivity contribution is 5.92. The van der Waals surface area contributed by atoms with Crippen molar-refractivity contribution >= 4 is 28.3 Å². The molecule has 10 nitrogen and oxygen atoms in total. The highest BCUT2D eigenvalue weighted by Gasteiger charge is 2.22.